The van der Waals surface area contributed by atoms with E-state index >= 15 is 0 Å². The molecule has 2 aromatic rings. The van der Waals surface area contributed by atoms with Crippen LogP contribution in [0.5, 0.6) is 0 Å². The molecule has 2 N–H and O–H groups in total. The quantitative estimate of drug-likeness (QED) is 0.887. The first-order chi connectivity index (χ1) is 9.31. The third-order valence-corrected chi connectivity index (χ3v) is 3.31. The maximum Gasteiger partial charge on any atom is 0.241 e. The van der Waals surface area contributed by atoms with Crippen molar-refractivity contribution in [3.05, 3.63) is 30.4 Å². The second-order valence-electron chi connectivity index (χ2n) is 4.89. The molecule has 3 heterocycles. The molecule has 3 rings (SSSR count). The Morgan fingerprint density at radius 1 is 1.37 bits per heavy atom. The number of nitrogens with two attached hydrogens (primary N) is 1. The normalized spacial score (nSPS) is 20.6. The average molecular weight is 259 g/mol. The molecular weight excluding hydrogens is 242 g/mol. The molecule has 0 saturated carbocycles. The molecule has 0 bridgehead atoms. The Bertz CT molecular complexity index is 527. The number of nitrogens with zero attached hydrogens (tertiary/aromatic N) is 4. The van der Waals surface area contributed by atoms with Crippen molar-refractivity contribution < 1.29 is 4.52 Å². The minimum absolute atomic E-state index is 0.260. The Morgan fingerprint density at radius 2 is 2.21 bits per heavy atom. The van der Waals surface area contributed by atoms with Gasteiger partial charge in [-0.15, -0.1) is 0 Å². The maximum atomic E-state index is 5.96. The molecule has 1 fully saturated rings. The van der Waals surface area contributed by atoms with Crippen molar-refractivity contribution in [2.24, 2.45) is 5.73 Å². The van der Waals surface area contributed by atoms with Crippen molar-refractivity contribution in [2.75, 3.05) is 13.1 Å². The fourth-order valence-electron chi connectivity index (χ4n) is 2.36. The molecule has 1 aliphatic heterocycles. The van der Waals surface area contributed by atoms with Gasteiger partial charge in [0.25, 0.3) is 0 Å². The van der Waals surface area contributed by atoms with Crippen LogP contribution >= 0.6 is 0 Å². The van der Waals surface area contributed by atoms with Crippen LogP contribution < -0.4 is 5.73 Å². The zero-order valence-corrected chi connectivity index (χ0v) is 10.7. The number of pyridine rings is 1. The lowest BCUT2D eigenvalue weighted by molar-refractivity contribution is 0.178. The van der Waals surface area contributed by atoms with Gasteiger partial charge < -0.3 is 10.3 Å². The first-order valence-corrected chi connectivity index (χ1v) is 6.52. The highest BCUT2D eigenvalue weighted by Crippen LogP contribution is 2.16. The highest BCUT2D eigenvalue weighted by Gasteiger charge is 2.19. The zero-order valence-electron chi connectivity index (χ0n) is 10.7. The Labute approximate surface area is 111 Å². The van der Waals surface area contributed by atoms with E-state index in [9.17, 15) is 0 Å². The van der Waals surface area contributed by atoms with E-state index < -0.39 is 0 Å². The van der Waals surface area contributed by atoms with Gasteiger partial charge in [-0.25, -0.2) is 0 Å². The third kappa shape index (κ3) is 2.97. The Kier molecular flexibility index (Phi) is 3.52. The molecule has 0 aromatic carbocycles. The highest BCUT2D eigenvalue weighted by atomic mass is 16.5. The smallest absolute Gasteiger partial charge is 0.241 e. The molecule has 1 unspecified atom stereocenters. The monoisotopic (exact) mass is 259 g/mol. The second-order valence-corrected chi connectivity index (χ2v) is 4.89. The first kappa shape index (κ1) is 12.3. The standard InChI is InChI=1S/C13H17N5O/c14-11-2-1-7-18(8-11)9-12-16-13(17-19-12)10-3-5-15-6-4-10/h3-6,11H,1-2,7-9,14H2. The lowest BCUT2D eigenvalue weighted by Crippen LogP contribution is -2.42. The topological polar surface area (TPSA) is 81.1 Å². The minimum atomic E-state index is 0.260. The molecule has 1 aliphatic rings. The Hall–Kier alpha value is -1.79. The first-order valence-electron chi connectivity index (χ1n) is 6.52. The molecule has 19 heavy (non-hydrogen) atoms. The summed E-state index contributed by atoms with van der Waals surface area (Å²) in [5, 5.41) is 4.00. The fourth-order valence-corrected chi connectivity index (χ4v) is 2.36. The predicted molar refractivity (Wildman–Crippen MR) is 70.0 cm³/mol. The van der Waals surface area contributed by atoms with Crippen molar-refractivity contribution in [1.29, 1.82) is 0 Å². The maximum absolute atomic E-state index is 5.96. The summed E-state index contributed by atoms with van der Waals surface area (Å²) in [5.74, 6) is 1.25. The van der Waals surface area contributed by atoms with Crippen LogP contribution in [0.2, 0.25) is 0 Å². The predicted octanol–water partition coefficient (Wildman–Crippen LogP) is 1.05. The van der Waals surface area contributed by atoms with Crippen molar-refractivity contribution in [2.45, 2.75) is 25.4 Å². The molecule has 0 amide bonds. The third-order valence-electron chi connectivity index (χ3n) is 3.31. The van der Waals surface area contributed by atoms with Gasteiger partial charge in [-0.2, -0.15) is 4.98 Å². The van der Waals surface area contributed by atoms with Crippen molar-refractivity contribution in [3.8, 4) is 11.4 Å². The van der Waals surface area contributed by atoms with Crippen molar-refractivity contribution >= 4 is 0 Å². The lowest BCUT2D eigenvalue weighted by Gasteiger charge is -2.29. The summed E-state index contributed by atoms with van der Waals surface area (Å²) in [6.45, 7) is 2.61. The van der Waals surface area contributed by atoms with Gasteiger partial charge in [0.1, 0.15) is 0 Å². The van der Waals surface area contributed by atoms with Crippen LogP contribution in [0.3, 0.4) is 0 Å². The van der Waals surface area contributed by atoms with E-state index in [1.165, 1.54) is 0 Å². The average Bonchev–Trinajstić information content (AvgIpc) is 2.88. The van der Waals surface area contributed by atoms with Crippen molar-refractivity contribution in [3.63, 3.8) is 0 Å². The van der Waals surface area contributed by atoms with E-state index in [0.29, 0.717) is 18.3 Å². The zero-order chi connectivity index (χ0) is 13.1. The summed E-state index contributed by atoms with van der Waals surface area (Å²) in [5.41, 5.74) is 6.88. The molecular formula is C13H17N5O. The van der Waals surface area contributed by atoms with E-state index in [1.54, 1.807) is 12.4 Å². The fraction of sp³-hybridized carbons (Fsp3) is 0.462. The summed E-state index contributed by atoms with van der Waals surface area (Å²) >= 11 is 0. The molecule has 1 saturated heterocycles. The van der Waals surface area contributed by atoms with Gasteiger partial charge >= 0.3 is 0 Å². The van der Waals surface area contributed by atoms with Gasteiger partial charge in [0.2, 0.25) is 11.7 Å². The molecule has 1 atom stereocenters. The van der Waals surface area contributed by atoms with E-state index in [0.717, 1.165) is 31.5 Å². The molecule has 0 spiro atoms. The van der Waals surface area contributed by atoms with Crippen LogP contribution in [0, 0.1) is 0 Å². The van der Waals surface area contributed by atoms with Crippen LogP contribution in [0.25, 0.3) is 11.4 Å². The summed E-state index contributed by atoms with van der Waals surface area (Å²) in [4.78, 5) is 10.6. The number of likely N-dealkylation sites (tertiary alicyclic amines) is 1. The highest BCUT2D eigenvalue weighted by molar-refractivity contribution is 5.52. The van der Waals surface area contributed by atoms with E-state index in [2.05, 4.69) is 20.0 Å². The number of hydrogen-bond acceptors (Lipinski definition) is 6. The molecule has 100 valence electrons. The van der Waals surface area contributed by atoms with Crippen molar-refractivity contribution in [1.82, 2.24) is 20.0 Å². The molecule has 2 aromatic heterocycles. The summed E-state index contributed by atoms with van der Waals surface area (Å²) in [6, 6.07) is 3.99. The van der Waals surface area contributed by atoms with Gasteiger partial charge in [0.05, 0.1) is 6.54 Å². The number of piperidine rings is 1. The summed E-state index contributed by atoms with van der Waals surface area (Å²) in [6.07, 6.45) is 5.67. The summed E-state index contributed by atoms with van der Waals surface area (Å²) < 4.78 is 5.29. The molecule has 0 aliphatic carbocycles. The van der Waals surface area contributed by atoms with Crippen LogP contribution in [0.15, 0.2) is 29.0 Å². The van der Waals surface area contributed by atoms with Crippen LogP contribution in [0.4, 0.5) is 0 Å². The molecule has 6 heteroatoms. The number of aromatic nitrogens is 3. The van der Waals surface area contributed by atoms with Crippen LogP contribution in [-0.4, -0.2) is 39.2 Å². The summed E-state index contributed by atoms with van der Waals surface area (Å²) in [7, 11) is 0. The number of hydrogen-bond donors (Lipinski definition) is 1. The van der Waals surface area contributed by atoms with Gasteiger partial charge in [0, 0.05) is 30.5 Å². The van der Waals surface area contributed by atoms with E-state index in [4.69, 9.17) is 10.3 Å². The SMILES string of the molecule is NC1CCCN(Cc2nc(-c3ccncc3)no2)C1. The van der Waals surface area contributed by atoms with E-state index in [1.807, 2.05) is 12.1 Å². The molecule has 6 nitrogen and oxygen atoms in total. The Balaban J connectivity index is 1.68. The van der Waals surface area contributed by atoms with Gasteiger partial charge in [0.15, 0.2) is 0 Å². The minimum Gasteiger partial charge on any atom is -0.338 e. The number of rotatable bonds is 3. The largest absolute Gasteiger partial charge is 0.338 e. The van der Waals surface area contributed by atoms with Crippen LogP contribution in [0.1, 0.15) is 18.7 Å². The van der Waals surface area contributed by atoms with Gasteiger partial charge in [-0.3, -0.25) is 9.88 Å². The van der Waals surface area contributed by atoms with E-state index in [-0.39, 0.29) is 6.04 Å². The Morgan fingerprint density at radius 3 is 3.00 bits per heavy atom. The van der Waals surface area contributed by atoms with Gasteiger partial charge in [-0.1, -0.05) is 5.16 Å². The molecule has 0 radical (unpaired) electrons. The second kappa shape index (κ2) is 5.46. The van der Waals surface area contributed by atoms with Crippen LogP contribution in [-0.2, 0) is 6.54 Å². The lowest BCUT2D eigenvalue weighted by atomic mass is 10.1. The van der Waals surface area contributed by atoms with Gasteiger partial charge in [-0.05, 0) is 31.5 Å².